The smallest absolute Gasteiger partial charge is 0.212 e. The molecule has 0 aliphatic carbocycles. The minimum Gasteiger partial charge on any atom is -0.330 e. The number of rotatable bonds is 3. The second-order valence-electron chi connectivity index (χ2n) is 3.91. The fourth-order valence-corrected chi connectivity index (χ4v) is 2.75. The van der Waals surface area contributed by atoms with E-state index in [2.05, 4.69) is 10.1 Å². The Morgan fingerprint density at radius 3 is 2.72 bits per heavy atom. The van der Waals surface area contributed by atoms with Gasteiger partial charge >= 0.3 is 0 Å². The molecule has 0 spiro atoms. The van der Waals surface area contributed by atoms with Gasteiger partial charge in [-0.15, -0.1) is 0 Å². The first-order valence-electron chi connectivity index (χ1n) is 5.57. The minimum absolute atomic E-state index is 0.606. The van der Waals surface area contributed by atoms with Crippen molar-refractivity contribution in [3.63, 3.8) is 0 Å². The van der Waals surface area contributed by atoms with Gasteiger partial charge in [0.05, 0.1) is 11.9 Å². The lowest BCUT2D eigenvalue weighted by molar-refractivity contribution is 0.924. The Balaban J connectivity index is 1.98. The van der Waals surface area contributed by atoms with E-state index < -0.39 is 0 Å². The average Bonchev–Trinajstić information content (AvgIpc) is 2.88. The van der Waals surface area contributed by atoms with E-state index >= 15 is 0 Å². The first kappa shape index (κ1) is 11.6. The van der Waals surface area contributed by atoms with Gasteiger partial charge in [0.15, 0.2) is 0 Å². The summed E-state index contributed by atoms with van der Waals surface area (Å²) in [5.41, 5.74) is 7.54. The molecule has 1 aromatic carbocycles. The summed E-state index contributed by atoms with van der Waals surface area (Å²) in [7, 11) is 0. The van der Waals surface area contributed by atoms with E-state index in [4.69, 9.17) is 17.3 Å². The number of nitrogens with zero attached hydrogens (tertiary/aromatic N) is 3. The normalized spacial score (nSPS) is 11.2. The van der Waals surface area contributed by atoms with Gasteiger partial charge in [-0.1, -0.05) is 35.1 Å². The van der Waals surface area contributed by atoms with Gasteiger partial charge in [-0.25, -0.2) is 9.50 Å². The predicted molar refractivity (Wildman–Crippen MR) is 74.1 cm³/mol. The van der Waals surface area contributed by atoms with Crippen molar-refractivity contribution in [1.29, 1.82) is 0 Å². The predicted octanol–water partition coefficient (Wildman–Crippen LogP) is 2.61. The minimum atomic E-state index is 0.606. The fourth-order valence-electron chi connectivity index (χ4n) is 1.72. The summed E-state index contributed by atoms with van der Waals surface area (Å²) in [6, 6.07) is 7.64. The van der Waals surface area contributed by atoms with Crippen LogP contribution in [0.5, 0.6) is 0 Å². The molecule has 6 heteroatoms. The number of hydrogen-bond donors (Lipinski definition) is 1. The fraction of sp³-hybridized carbons (Fsp3) is 0.167. The van der Waals surface area contributed by atoms with Crippen molar-refractivity contribution in [2.75, 3.05) is 6.54 Å². The van der Waals surface area contributed by atoms with E-state index in [0.717, 1.165) is 32.7 Å². The molecule has 0 amide bonds. The van der Waals surface area contributed by atoms with Crippen molar-refractivity contribution in [2.24, 2.45) is 5.73 Å². The third-order valence-electron chi connectivity index (χ3n) is 2.58. The first-order chi connectivity index (χ1) is 8.76. The molecular formula is C12H11ClN4S. The van der Waals surface area contributed by atoms with Crippen LogP contribution in [0.3, 0.4) is 0 Å². The zero-order chi connectivity index (χ0) is 12.5. The quantitative estimate of drug-likeness (QED) is 0.801. The van der Waals surface area contributed by atoms with Crippen molar-refractivity contribution >= 4 is 27.9 Å². The molecule has 0 aliphatic heterocycles. The monoisotopic (exact) mass is 278 g/mol. The van der Waals surface area contributed by atoms with Crippen LogP contribution in [0.4, 0.5) is 0 Å². The molecule has 4 nitrogen and oxygen atoms in total. The highest BCUT2D eigenvalue weighted by molar-refractivity contribution is 7.19. The Hall–Kier alpha value is -1.43. The molecule has 92 valence electrons. The number of halogens is 1. The number of benzene rings is 1. The molecular weight excluding hydrogens is 268 g/mol. The molecule has 18 heavy (non-hydrogen) atoms. The molecule has 0 bridgehead atoms. The van der Waals surface area contributed by atoms with Gasteiger partial charge in [-0.05, 0) is 18.7 Å². The zero-order valence-corrected chi connectivity index (χ0v) is 11.1. The Labute approximate surface area is 113 Å². The third-order valence-corrected chi connectivity index (χ3v) is 3.81. The lowest BCUT2D eigenvalue weighted by atomic mass is 10.2. The van der Waals surface area contributed by atoms with E-state index in [-0.39, 0.29) is 0 Å². The van der Waals surface area contributed by atoms with Gasteiger partial charge in [0.2, 0.25) is 4.96 Å². The number of aromatic nitrogens is 3. The Morgan fingerprint density at radius 2 is 2.06 bits per heavy atom. The Kier molecular flexibility index (Phi) is 3.03. The van der Waals surface area contributed by atoms with Crippen LogP contribution in [0.2, 0.25) is 5.02 Å². The summed E-state index contributed by atoms with van der Waals surface area (Å²) in [5, 5.41) is 6.17. The van der Waals surface area contributed by atoms with Crippen molar-refractivity contribution in [3.05, 3.63) is 41.2 Å². The second kappa shape index (κ2) is 4.68. The van der Waals surface area contributed by atoms with E-state index in [0.29, 0.717) is 6.54 Å². The summed E-state index contributed by atoms with van der Waals surface area (Å²) < 4.78 is 1.81. The topological polar surface area (TPSA) is 56.2 Å². The van der Waals surface area contributed by atoms with E-state index in [1.165, 1.54) is 0 Å². The average molecular weight is 279 g/mol. The lowest BCUT2D eigenvalue weighted by Crippen LogP contribution is -2.02. The maximum atomic E-state index is 5.87. The molecule has 0 saturated carbocycles. The molecule has 0 aliphatic rings. The van der Waals surface area contributed by atoms with Crippen molar-refractivity contribution in [3.8, 4) is 10.6 Å². The Bertz CT molecular complexity index is 640. The molecule has 0 radical (unpaired) electrons. The van der Waals surface area contributed by atoms with Crippen LogP contribution in [0.1, 0.15) is 5.69 Å². The van der Waals surface area contributed by atoms with Gasteiger partial charge in [0.1, 0.15) is 5.01 Å². The van der Waals surface area contributed by atoms with E-state index in [1.54, 1.807) is 15.9 Å². The van der Waals surface area contributed by atoms with E-state index in [9.17, 15) is 0 Å². The van der Waals surface area contributed by atoms with Crippen LogP contribution in [0, 0.1) is 0 Å². The van der Waals surface area contributed by atoms with Crippen LogP contribution in [0.25, 0.3) is 15.5 Å². The van der Waals surface area contributed by atoms with Crippen LogP contribution in [0.15, 0.2) is 30.5 Å². The summed E-state index contributed by atoms with van der Waals surface area (Å²) in [5.74, 6) is 0. The van der Waals surface area contributed by atoms with Crippen LogP contribution in [-0.4, -0.2) is 21.1 Å². The highest BCUT2D eigenvalue weighted by atomic mass is 35.5. The maximum Gasteiger partial charge on any atom is 0.212 e. The lowest BCUT2D eigenvalue weighted by Gasteiger charge is -1.94. The molecule has 0 unspecified atom stereocenters. The van der Waals surface area contributed by atoms with Crippen LogP contribution >= 0.6 is 22.9 Å². The molecule has 3 rings (SSSR count). The molecule has 2 heterocycles. The van der Waals surface area contributed by atoms with Gasteiger partial charge in [-0.3, -0.25) is 0 Å². The summed E-state index contributed by atoms with van der Waals surface area (Å²) in [6.45, 7) is 0.606. The number of hydrogen-bond acceptors (Lipinski definition) is 4. The maximum absolute atomic E-state index is 5.87. The Morgan fingerprint density at radius 1 is 1.28 bits per heavy atom. The first-order valence-corrected chi connectivity index (χ1v) is 6.77. The molecule has 0 atom stereocenters. The van der Waals surface area contributed by atoms with Gasteiger partial charge < -0.3 is 5.73 Å². The van der Waals surface area contributed by atoms with Gasteiger partial charge in [-0.2, -0.15) is 5.10 Å². The number of imidazole rings is 1. The number of fused-ring (bicyclic) bond motifs is 1. The number of nitrogens with two attached hydrogens (primary N) is 1. The molecule has 0 saturated heterocycles. The molecule has 2 N–H and O–H groups in total. The van der Waals surface area contributed by atoms with Crippen LogP contribution < -0.4 is 5.73 Å². The second-order valence-corrected chi connectivity index (χ2v) is 5.30. The summed E-state index contributed by atoms with van der Waals surface area (Å²) in [6.07, 6.45) is 2.71. The molecule has 0 fully saturated rings. The SMILES string of the molecule is NCCc1cn2nc(-c3ccc(Cl)cc3)sc2n1. The van der Waals surface area contributed by atoms with Crippen molar-refractivity contribution in [2.45, 2.75) is 6.42 Å². The molecule has 3 aromatic rings. The molecule has 2 aromatic heterocycles. The van der Waals surface area contributed by atoms with E-state index in [1.807, 2.05) is 30.5 Å². The summed E-state index contributed by atoms with van der Waals surface area (Å²) in [4.78, 5) is 5.37. The van der Waals surface area contributed by atoms with Gasteiger partial charge in [0, 0.05) is 17.0 Å². The summed E-state index contributed by atoms with van der Waals surface area (Å²) >= 11 is 7.43. The highest BCUT2D eigenvalue weighted by Crippen LogP contribution is 2.26. The highest BCUT2D eigenvalue weighted by Gasteiger charge is 2.09. The zero-order valence-electron chi connectivity index (χ0n) is 9.51. The van der Waals surface area contributed by atoms with Crippen LogP contribution in [-0.2, 0) is 6.42 Å². The van der Waals surface area contributed by atoms with Crippen molar-refractivity contribution < 1.29 is 0 Å². The van der Waals surface area contributed by atoms with Gasteiger partial charge in [0.25, 0.3) is 0 Å². The standard InChI is InChI=1S/C12H11ClN4S/c13-9-3-1-8(2-4-9)11-16-17-7-10(5-6-14)15-12(17)18-11/h1-4,7H,5-6,14H2. The largest absolute Gasteiger partial charge is 0.330 e. The van der Waals surface area contributed by atoms with Crippen molar-refractivity contribution in [1.82, 2.24) is 14.6 Å². The third kappa shape index (κ3) is 2.12.